The number of amides is 1. The maximum atomic E-state index is 13.2. The van der Waals surface area contributed by atoms with E-state index in [1.54, 1.807) is 19.2 Å². The lowest BCUT2D eigenvalue weighted by atomic mass is 10.2. The van der Waals surface area contributed by atoms with Crippen molar-refractivity contribution in [2.45, 2.75) is 20.1 Å². The zero-order valence-corrected chi connectivity index (χ0v) is 16.5. The highest BCUT2D eigenvalue weighted by Crippen LogP contribution is 2.30. The average molecular weight is 440 g/mol. The summed E-state index contributed by atoms with van der Waals surface area (Å²) in [6, 6.07) is 7.96. The molecule has 1 aromatic heterocycles. The largest absolute Gasteiger partial charge is 0.490 e. The van der Waals surface area contributed by atoms with Crippen LogP contribution in [0.4, 0.5) is 18.9 Å². The molecule has 2 aromatic carbocycles. The number of rotatable bonds is 8. The van der Waals surface area contributed by atoms with Crippen LogP contribution in [-0.2, 0) is 6.54 Å². The third-order valence-corrected chi connectivity index (χ3v) is 4.31. The quantitative estimate of drug-likeness (QED) is 0.538. The molecule has 1 heterocycles. The van der Waals surface area contributed by atoms with Crippen molar-refractivity contribution in [1.29, 1.82) is 0 Å². The Balaban J connectivity index is 1.71. The van der Waals surface area contributed by atoms with Crippen molar-refractivity contribution < 1.29 is 27.4 Å². The van der Waals surface area contributed by atoms with Gasteiger partial charge in [0.25, 0.3) is 5.91 Å². The van der Waals surface area contributed by atoms with E-state index in [2.05, 4.69) is 15.2 Å². The molecule has 10 heteroatoms. The molecule has 1 amide bonds. The van der Waals surface area contributed by atoms with Crippen molar-refractivity contribution >= 4 is 23.2 Å². The number of carbonyl (C=O) groups excluding carboxylic acids is 1. The van der Waals surface area contributed by atoms with Crippen molar-refractivity contribution in [1.82, 2.24) is 9.78 Å². The van der Waals surface area contributed by atoms with Gasteiger partial charge in [0.05, 0.1) is 25.0 Å². The van der Waals surface area contributed by atoms with Crippen LogP contribution in [-0.4, -0.2) is 28.9 Å². The summed E-state index contributed by atoms with van der Waals surface area (Å²) in [5.74, 6) is -1.05. The number of alkyl halides is 2. The Morgan fingerprint density at radius 3 is 2.73 bits per heavy atom. The first-order valence-corrected chi connectivity index (χ1v) is 9.23. The molecule has 3 rings (SSSR count). The summed E-state index contributed by atoms with van der Waals surface area (Å²) in [6.45, 7) is -0.836. The molecule has 0 aliphatic carbocycles. The molecular weight excluding hydrogens is 423 g/mol. The molecule has 30 heavy (non-hydrogen) atoms. The minimum absolute atomic E-state index is 0.0343. The molecule has 0 aliphatic rings. The molecule has 0 spiro atoms. The van der Waals surface area contributed by atoms with E-state index in [4.69, 9.17) is 16.3 Å². The highest BCUT2D eigenvalue weighted by molar-refractivity contribution is 6.31. The SMILES string of the molecule is CCOc1cc(C(=O)Nc2cnn(Cc3ccc(F)cc3Cl)c2)ccc1OC(F)F. The van der Waals surface area contributed by atoms with Crippen LogP contribution in [0, 0.1) is 5.82 Å². The molecule has 0 aliphatic heterocycles. The molecule has 6 nitrogen and oxygen atoms in total. The monoisotopic (exact) mass is 439 g/mol. The van der Waals surface area contributed by atoms with Crippen molar-refractivity contribution in [2.75, 3.05) is 11.9 Å². The maximum absolute atomic E-state index is 13.2. The third-order valence-electron chi connectivity index (χ3n) is 3.96. The van der Waals surface area contributed by atoms with Gasteiger partial charge < -0.3 is 14.8 Å². The highest BCUT2D eigenvalue weighted by Gasteiger charge is 2.15. The number of hydrogen-bond acceptors (Lipinski definition) is 4. The number of carbonyl (C=O) groups is 1. The summed E-state index contributed by atoms with van der Waals surface area (Å²) in [5.41, 5.74) is 1.26. The average Bonchev–Trinajstić information content (AvgIpc) is 3.12. The van der Waals surface area contributed by atoms with E-state index in [1.165, 1.54) is 41.2 Å². The van der Waals surface area contributed by atoms with E-state index < -0.39 is 18.3 Å². The fourth-order valence-electron chi connectivity index (χ4n) is 2.65. The first-order valence-electron chi connectivity index (χ1n) is 8.85. The Kier molecular flexibility index (Phi) is 6.83. The zero-order valence-electron chi connectivity index (χ0n) is 15.7. The van der Waals surface area contributed by atoms with E-state index in [0.29, 0.717) is 11.3 Å². The lowest BCUT2D eigenvalue weighted by Gasteiger charge is -2.12. The van der Waals surface area contributed by atoms with Gasteiger partial charge in [-0.1, -0.05) is 17.7 Å². The first kappa shape index (κ1) is 21.5. The fourth-order valence-corrected chi connectivity index (χ4v) is 2.88. The lowest BCUT2D eigenvalue weighted by molar-refractivity contribution is -0.0514. The Labute approximate surface area is 175 Å². The summed E-state index contributed by atoms with van der Waals surface area (Å²) >= 11 is 6.02. The molecule has 3 aromatic rings. The summed E-state index contributed by atoms with van der Waals surface area (Å²) < 4.78 is 49.3. The zero-order chi connectivity index (χ0) is 21.7. The second kappa shape index (κ2) is 9.53. The van der Waals surface area contributed by atoms with Gasteiger partial charge in [-0.05, 0) is 42.8 Å². The van der Waals surface area contributed by atoms with Gasteiger partial charge in [0.2, 0.25) is 0 Å². The Bertz CT molecular complexity index is 1040. The van der Waals surface area contributed by atoms with Crippen molar-refractivity contribution in [3.63, 3.8) is 0 Å². The number of halogens is 4. The topological polar surface area (TPSA) is 65.4 Å². The van der Waals surface area contributed by atoms with E-state index in [9.17, 15) is 18.0 Å². The van der Waals surface area contributed by atoms with Gasteiger partial charge in [0.1, 0.15) is 5.82 Å². The Morgan fingerprint density at radius 2 is 2.03 bits per heavy atom. The van der Waals surface area contributed by atoms with Crippen LogP contribution in [0.2, 0.25) is 5.02 Å². The molecule has 0 saturated heterocycles. The van der Waals surface area contributed by atoms with Gasteiger partial charge in [0, 0.05) is 16.8 Å². The number of ether oxygens (including phenoxy) is 2. The van der Waals surface area contributed by atoms with Gasteiger partial charge in [-0.15, -0.1) is 0 Å². The van der Waals surface area contributed by atoms with Crippen LogP contribution in [0.1, 0.15) is 22.8 Å². The molecule has 1 N–H and O–H groups in total. The number of benzene rings is 2. The number of nitrogens with one attached hydrogen (secondary N) is 1. The van der Waals surface area contributed by atoms with Crippen molar-refractivity contribution in [3.8, 4) is 11.5 Å². The van der Waals surface area contributed by atoms with Gasteiger partial charge in [-0.3, -0.25) is 9.48 Å². The predicted molar refractivity (Wildman–Crippen MR) is 105 cm³/mol. The molecule has 0 unspecified atom stereocenters. The smallest absolute Gasteiger partial charge is 0.387 e. The number of aromatic nitrogens is 2. The van der Waals surface area contributed by atoms with E-state index >= 15 is 0 Å². The fraction of sp³-hybridized carbons (Fsp3) is 0.200. The summed E-state index contributed by atoms with van der Waals surface area (Å²) in [6.07, 6.45) is 3.02. The molecule has 0 radical (unpaired) electrons. The van der Waals surface area contributed by atoms with Gasteiger partial charge in [0.15, 0.2) is 11.5 Å². The van der Waals surface area contributed by atoms with Gasteiger partial charge in [-0.25, -0.2) is 4.39 Å². The lowest BCUT2D eigenvalue weighted by Crippen LogP contribution is -2.12. The normalized spacial score (nSPS) is 10.9. The maximum Gasteiger partial charge on any atom is 0.387 e. The minimum atomic E-state index is -3.01. The summed E-state index contributed by atoms with van der Waals surface area (Å²) in [7, 11) is 0. The number of nitrogens with zero attached hydrogens (tertiary/aromatic N) is 2. The van der Waals surface area contributed by atoms with Crippen molar-refractivity contribution in [2.24, 2.45) is 0 Å². The molecule has 0 bridgehead atoms. The van der Waals surface area contributed by atoms with Crippen LogP contribution >= 0.6 is 11.6 Å². The summed E-state index contributed by atoms with van der Waals surface area (Å²) in [4.78, 5) is 12.5. The van der Waals surface area contributed by atoms with E-state index in [0.717, 1.165) is 0 Å². The van der Waals surface area contributed by atoms with E-state index in [1.807, 2.05) is 0 Å². The van der Waals surface area contributed by atoms with Crippen LogP contribution in [0.15, 0.2) is 48.8 Å². The Morgan fingerprint density at radius 1 is 1.23 bits per heavy atom. The third kappa shape index (κ3) is 5.44. The van der Waals surface area contributed by atoms with Crippen LogP contribution in [0.25, 0.3) is 0 Å². The minimum Gasteiger partial charge on any atom is -0.490 e. The van der Waals surface area contributed by atoms with Gasteiger partial charge >= 0.3 is 6.61 Å². The van der Waals surface area contributed by atoms with E-state index in [-0.39, 0.29) is 35.2 Å². The van der Waals surface area contributed by atoms with Crippen molar-refractivity contribution in [3.05, 3.63) is 70.8 Å². The molecule has 0 atom stereocenters. The predicted octanol–water partition coefficient (Wildman–Crippen LogP) is 4.98. The molecule has 0 saturated carbocycles. The second-order valence-corrected chi connectivity index (χ2v) is 6.50. The standard InChI is InChI=1S/C20H17ClF3N3O3/c1-2-29-18-7-12(4-6-17(18)30-20(23)24)19(28)26-15-9-25-27(11-15)10-13-3-5-14(22)8-16(13)21/h3-9,11,20H,2,10H2,1H3,(H,26,28). The molecular formula is C20H17ClF3N3O3. The van der Waals surface area contributed by atoms with Gasteiger partial charge in [-0.2, -0.15) is 13.9 Å². The number of hydrogen-bond donors (Lipinski definition) is 1. The van der Waals surface area contributed by atoms with Crippen LogP contribution in [0.5, 0.6) is 11.5 Å². The molecule has 0 fully saturated rings. The molecule has 158 valence electrons. The highest BCUT2D eigenvalue weighted by atomic mass is 35.5. The Hall–Kier alpha value is -3.20. The number of anilines is 1. The first-order chi connectivity index (χ1) is 14.4. The second-order valence-electron chi connectivity index (χ2n) is 6.09. The summed E-state index contributed by atoms with van der Waals surface area (Å²) in [5, 5.41) is 7.06. The van der Waals surface area contributed by atoms with Crippen LogP contribution in [0.3, 0.4) is 0 Å². The van der Waals surface area contributed by atoms with Crippen LogP contribution < -0.4 is 14.8 Å².